The Morgan fingerprint density at radius 3 is 2.69 bits per heavy atom. The van der Waals surface area contributed by atoms with Crippen LogP contribution in [0.25, 0.3) is 5.69 Å². The van der Waals surface area contributed by atoms with Gasteiger partial charge in [-0.2, -0.15) is 0 Å². The minimum absolute atomic E-state index is 0.0353. The number of allylic oxidation sites excluding steroid dienone is 1. The van der Waals surface area contributed by atoms with Gasteiger partial charge in [0.05, 0.1) is 17.5 Å². The number of aryl methyl sites for hydroxylation is 1. The van der Waals surface area contributed by atoms with Gasteiger partial charge >= 0.3 is 0 Å². The first-order chi connectivity index (χ1) is 16.4. The third kappa shape index (κ3) is 5.90. The highest BCUT2D eigenvalue weighted by atomic mass is 35.5. The Morgan fingerprint density at radius 1 is 1.31 bits per heavy atom. The van der Waals surface area contributed by atoms with Crippen molar-refractivity contribution in [2.24, 2.45) is 10.7 Å². The second-order valence-corrected chi connectivity index (χ2v) is 8.59. The zero-order valence-electron chi connectivity index (χ0n) is 19.5. The lowest BCUT2D eigenvalue weighted by atomic mass is 10.1. The van der Waals surface area contributed by atoms with Gasteiger partial charge in [-0.05, 0) is 39.8 Å². The molecule has 0 radical (unpaired) electrons. The molecule has 0 saturated carbocycles. The molecule has 0 atom stereocenters. The van der Waals surface area contributed by atoms with E-state index in [1.54, 1.807) is 33.8 Å². The largest absolute Gasteiger partial charge is 0.485 e. The second kappa shape index (κ2) is 10.3. The van der Waals surface area contributed by atoms with E-state index >= 15 is 0 Å². The Labute approximate surface area is 205 Å². The molecule has 0 aliphatic rings. The number of aliphatic imine (C=N–C) groups is 1. The van der Waals surface area contributed by atoms with Crippen molar-refractivity contribution in [3.8, 4) is 11.4 Å². The average Bonchev–Trinajstić information content (AvgIpc) is 2.77. The normalized spacial score (nSPS) is 12.4. The summed E-state index contributed by atoms with van der Waals surface area (Å²) in [6, 6.07) is 3.86. The van der Waals surface area contributed by atoms with E-state index in [-0.39, 0.29) is 28.8 Å². The third-order valence-corrected chi connectivity index (χ3v) is 5.44. The van der Waals surface area contributed by atoms with Crippen LogP contribution in [-0.2, 0) is 6.61 Å². The van der Waals surface area contributed by atoms with Crippen molar-refractivity contribution in [1.82, 2.24) is 14.5 Å². The van der Waals surface area contributed by atoms with Crippen LogP contribution < -0.4 is 16.0 Å². The Hall–Kier alpha value is -3.63. The number of ether oxygens (including phenoxy) is 1. The predicted molar refractivity (Wildman–Crippen MR) is 130 cm³/mol. The highest BCUT2D eigenvalue weighted by molar-refractivity contribution is 6.31. The van der Waals surface area contributed by atoms with Gasteiger partial charge in [-0.1, -0.05) is 11.6 Å². The molecule has 3 aromatic rings. The van der Waals surface area contributed by atoms with Crippen LogP contribution in [0.4, 0.5) is 14.6 Å². The maximum atomic E-state index is 13.8. The summed E-state index contributed by atoms with van der Waals surface area (Å²) in [5.74, 6) is -1.31. The van der Waals surface area contributed by atoms with Crippen molar-refractivity contribution in [3.05, 3.63) is 86.3 Å². The Bertz CT molecular complexity index is 1380. The van der Waals surface area contributed by atoms with Crippen molar-refractivity contribution in [2.75, 3.05) is 0 Å². The topological polar surface area (TPSA) is 116 Å². The smallest absolute Gasteiger partial charge is 0.277 e. The maximum absolute atomic E-state index is 13.8. The van der Waals surface area contributed by atoms with Crippen molar-refractivity contribution in [3.63, 3.8) is 0 Å². The van der Waals surface area contributed by atoms with E-state index in [4.69, 9.17) is 22.1 Å². The number of nitrogens with zero attached hydrogens (tertiary/aromatic N) is 4. The van der Waals surface area contributed by atoms with Gasteiger partial charge in [0, 0.05) is 41.5 Å². The van der Waals surface area contributed by atoms with E-state index in [1.165, 1.54) is 29.1 Å². The SMILES string of the molecule is Cc1c(-n2c(C)cc(OCc3ncc(F)cc3F)c(Cl)c2=O)ccnc1N=C/C=C(\N)C(C)(C)O. The van der Waals surface area contributed by atoms with Crippen molar-refractivity contribution in [1.29, 1.82) is 0 Å². The molecule has 3 heterocycles. The summed E-state index contributed by atoms with van der Waals surface area (Å²) in [7, 11) is 0. The van der Waals surface area contributed by atoms with Crippen LogP contribution in [0.3, 0.4) is 0 Å². The van der Waals surface area contributed by atoms with Gasteiger partial charge in [-0.15, -0.1) is 0 Å². The minimum atomic E-state index is -1.19. The second-order valence-electron chi connectivity index (χ2n) is 8.21. The lowest BCUT2D eigenvalue weighted by Gasteiger charge is -2.17. The molecule has 0 fully saturated rings. The van der Waals surface area contributed by atoms with Crippen LogP contribution in [0, 0.1) is 25.5 Å². The molecule has 0 aliphatic carbocycles. The number of hydrogen-bond acceptors (Lipinski definition) is 7. The summed E-state index contributed by atoms with van der Waals surface area (Å²) in [6.07, 6.45) is 5.24. The van der Waals surface area contributed by atoms with E-state index in [1.807, 2.05) is 0 Å². The molecule has 0 bridgehead atoms. The standard InChI is InChI=1S/C24H24ClF2N5O3/c1-13-9-19(35-12-17-16(27)10-15(26)11-31-17)21(25)23(33)32(13)18-5-7-29-22(14(18)2)30-8-6-20(28)24(3,4)34/h5-11,34H,12,28H2,1-4H3/b20-6-,30-8?. The zero-order chi connectivity index (χ0) is 25.9. The van der Waals surface area contributed by atoms with E-state index in [0.29, 0.717) is 28.8 Å². The summed E-state index contributed by atoms with van der Waals surface area (Å²) in [6.45, 7) is 6.18. The molecule has 11 heteroatoms. The average molecular weight is 504 g/mol. The molecular formula is C24H24ClF2N5O3. The summed E-state index contributed by atoms with van der Waals surface area (Å²) in [4.78, 5) is 25.3. The van der Waals surface area contributed by atoms with Gasteiger partial charge in [0.15, 0.2) is 11.6 Å². The van der Waals surface area contributed by atoms with Crippen molar-refractivity contribution in [2.45, 2.75) is 39.9 Å². The van der Waals surface area contributed by atoms with Crippen molar-refractivity contribution >= 4 is 23.6 Å². The lowest BCUT2D eigenvalue weighted by Crippen LogP contribution is -2.27. The van der Waals surface area contributed by atoms with Gasteiger partial charge in [0.2, 0.25) is 0 Å². The summed E-state index contributed by atoms with van der Waals surface area (Å²) >= 11 is 6.28. The van der Waals surface area contributed by atoms with Crippen LogP contribution in [0.2, 0.25) is 5.02 Å². The highest BCUT2D eigenvalue weighted by Gasteiger charge is 2.18. The molecule has 0 saturated heterocycles. The first-order valence-corrected chi connectivity index (χ1v) is 10.8. The van der Waals surface area contributed by atoms with E-state index in [9.17, 15) is 18.7 Å². The first-order valence-electron chi connectivity index (χ1n) is 10.4. The van der Waals surface area contributed by atoms with Crippen LogP contribution in [0.15, 0.2) is 52.2 Å². The fourth-order valence-corrected chi connectivity index (χ4v) is 3.25. The van der Waals surface area contributed by atoms with Crippen molar-refractivity contribution < 1.29 is 18.6 Å². The molecule has 35 heavy (non-hydrogen) atoms. The maximum Gasteiger partial charge on any atom is 0.277 e. The number of aromatic nitrogens is 3. The van der Waals surface area contributed by atoms with Crippen LogP contribution in [0.1, 0.15) is 30.8 Å². The van der Waals surface area contributed by atoms with E-state index in [0.717, 1.165) is 6.20 Å². The number of rotatable bonds is 7. The molecule has 0 aromatic carbocycles. The monoisotopic (exact) mass is 503 g/mol. The van der Waals surface area contributed by atoms with Crippen LogP contribution in [-0.4, -0.2) is 31.5 Å². The van der Waals surface area contributed by atoms with Gasteiger partial charge in [0.25, 0.3) is 5.56 Å². The Morgan fingerprint density at radius 2 is 2.03 bits per heavy atom. The molecular weight excluding hydrogens is 480 g/mol. The van der Waals surface area contributed by atoms with E-state index < -0.39 is 22.8 Å². The fourth-order valence-electron chi connectivity index (χ4n) is 3.06. The van der Waals surface area contributed by atoms with Gasteiger partial charge in [-0.25, -0.2) is 18.8 Å². The molecule has 0 aliphatic heterocycles. The Kier molecular flexibility index (Phi) is 7.67. The summed E-state index contributed by atoms with van der Waals surface area (Å²) in [5.41, 5.74) is 5.71. The number of hydrogen-bond donors (Lipinski definition) is 2. The lowest BCUT2D eigenvalue weighted by molar-refractivity contribution is 0.118. The Balaban J connectivity index is 1.94. The third-order valence-electron chi connectivity index (χ3n) is 5.10. The molecule has 3 N–H and O–H groups in total. The molecule has 0 spiro atoms. The molecule has 3 rings (SSSR count). The predicted octanol–water partition coefficient (Wildman–Crippen LogP) is 4.07. The zero-order valence-corrected chi connectivity index (χ0v) is 20.3. The molecule has 0 amide bonds. The molecule has 184 valence electrons. The van der Waals surface area contributed by atoms with Crippen LogP contribution in [0.5, 0.6) is 5.75 Å². The van der Waals surface area contributed by atoms with E-state index in [2.05, 4.69) is 15.0 Å². The molecule has 3 aromatic heterocycles. The quantitative estimate of drug-likeness (QED) is 0.469. The fraction of sp³-hybridized carbons (Fsp3) is 0.250. The number of pyridine rings is 3. The number of nitrogens with two attached hydrogens (primary N) is 1. The van der Waals surface area contributed by atoms with Gasteiger partial charge in [-0.3, -0.25) is 14.3 Å². The first kappa shape index (κ1) is 26.0. The number of halogens is 3. The minimum Gasteiger partial charge on any atom is -0.485 e. The molecule has 8 nitrogen and oxygen atoms in total. The van der Waals surface area contributed by atoms with Gasteiger partial charge < -0.3 is 15.6 Å². The van der Waals surface area contributed by atoms with Gasteiger partial charge in [0.1, 0.15) is 28.9 Å². The number of aliphatic hydroxyl groups is 1. The molecule has 0 unspecified atom stereocenters. The highest BCUT2D eigenvalue weighted by Crippen LogP contribution is 2.27. The summed E-state index contributed by atoms with van der Waals surface area (Å²) in [5, 5.41) is 9.68. The van der Waals surface area contributed by atoms with Crippen LogP contribution >= 0.6 is 11.6 Å². The summed E-state index contributed by atoms with van der Waals surface area (Å²) < 4.78 is 33.8.